The molecule has 0 unspecified atom stereocenters. The van der Waals surface area contributed by atoms with E-state index < -0.39 is 0 Å². The molecule has 0 spiro atoms. The van der Waals surface area contributed by atoms with E-state index in [1.165, 1.54) is 0 Å². The molecule has 1 aliphatic heterocycles. The molecule has 6 heteroatoms. The average Bonchev–Trinajstić information content (AvgIpc) is 3.25. The van der Waals surface area contributed by atoms with Crippen molar-refractivity contribution >= 4 is 5.91 Å². The van der Waals surface area contributed by atoms with Crippen LogP contribution in [0.5, 0.6) is 0 Å². The predicted octanol–water partition coefficient (Wildman–Crippen LogP) is 1.74. The Morgan fingerprint density at radius 3 is 3.00 bits per heavy atom. The summed E-state index contributed by atoms with van der Waals surface area (Å²) in [7, 11) is 2.07. The van der Waals surface area contributed by atoms with Crippen molar-refractivity contribution in [1.82, 2.24) is 19.8 Å². The first-order valence-electron chi connectivity index (χ1n) is 7.97. The predicted molar refractivity (Wildman–Crippen MR) is 85.5 cm³/mol. The Morgan fingerprint density at radius 1 is 1.43 bits per heavy atom. The minimum absolute atomic E-state index is 0.220. The van der Waals surface area contributed by atoms with Gasteiger partial charge in [-0.15, -0.1) is 0 Å². The summed E-state index contributed by atoms with van der Waals surface area (Å²) < 4.78 is 5.03. The molecule has 1 saturated heterocycles. The first-order chi connectivity index (χ1) is 11.2. The minimum Gasteiger partial charge on any atom is -0.472 e. The van der Waals surface area contributed by atoms with Crippen molar-refractivity contribution in [3.63, 3.8) is 0 Å². The first kappa shape index (κ1) is 15.7. The first-order valence-corrected chi connectivity index (χ1v) is 7.97. The van der Waals surface area contributed by atoms with Gasteiger partial charge in [0.2, 0.25) is 5.91 Å². The third-order valence-corrected chi connectivity index (χ3v) is 4.36. The maximum absolute atomic E-state index is 12.3. The zero-order valence-electron chi connectivity index (χ0n) is 13.4. The number of carbonyl (C=O) groups is 1. The highest BCUT2D eigenvalue weighted by Gasteiger charge is 2.28. The van der Waals surface area contributed by atoms with Crippen LogP contribution in [0.3, 0.4) is 0 Å². The summed E-state index contributed by atoms with van der Waals surface area (Å²) in [5, 5.41) is 0. The van der Waals surface area contributed by atoms with Crippen molar-refractivity contribution in [3.8, 4) is 0 Å². The van der Waals surface area contributed by atoms with Gasteiger partial charge < -0.3 is 9.32 Å². The van der Waals surface area contributed by atoms with E-state index in [4.69, 9.17) is 4.42 Å². The number of aryl methyl sites for hydroxylation is 1. The second kappa shape index (κ2) is 7.37. The monoisotopic (exact) mass is 314 g/mol. The zero-order chi connectivity index (χ0) is 16.1. The fourth-order valence-corrected chi connectivity index (χ4v) is 2.94. The van der Waals surface area contributed by atoms with Crippen LogP contribution in [0.4, 0.5) is 0 Å². The second-order valence-electron chi connectivity index (χ2n) is 5.99. The maximum Gasteiger partial charge on any atom is 0.222 e. The Labute approximate surface area is 136 Å². The highest BCUT2D eigenvalue weighted by Crippen LogP contribution is 2.17. The van der Waals surface area contributed by atoms with Crippen molar-refractivity contribution in [1.29, 1.82) is 0 Å². The van der Waals surface area contributed by atoms with Crippen LogP contribution in [0.2, 0.25) is 0 Å². The van der Waals surface area contributed by atoms with Crippen LogP contribution in [0, 0.1) is 0 Å². The van der Waals surface area contributed by atoms with Gasteiger partial charge >= 0.3 is 0 Å². The second-order valence-corrected chi connectivity index (χ2v) is 5.99. The van der Waals surface area contributed by atoms with Gasteiger partial charge in [0, 0.05) is 37.9 Å². The van der Waals surface area contributed by atoms with Gasteiger partial charge in [-0.2, -0.15) is 0 Å². The van der Waals surface area contributed by atoms with Crippen molar-refractivity contribution in [2.75, 3.05) is 20.1 Å². The number of likely N-dealkylation sites (N-methyl/N-ethyl adjacent to an activating group) is 1. The van der Waals surface area contributed by atoms with Gasteiger partial charge in [0.15, 0.2) is 0 Å². The lowest BCUT2D eigenvalue weighted by atomic mass is 10.2. The molecular formula is C17H22N4O2. The number of aromatic nitrogens is 2. The molecule has 2 aromatic rings. The summed E-state index contributed by atoms with van der Waals surface area (Å²) in [5.74, 6) is 1.04. The molecule has 0 radical (unpaired) electrons. The Hall–Kier alpha value is -2.21. The highest BCUT2D eigenvalue weighted by molar-refractivity contribution is 5.76. The Morgan fingerprint density at radius 2 is 2.26 bits per heavy atom. The van der Waals surface area contributed by atoms with E-state index in [9.17, 15) is 4.79 Å². The molecule has 1 fully saturated rings. The summed E-state index contributed by atoms with van der Waals surface area (Å²) in [6.07, 6.45) is 9.15. The molecule has 0 bridgehead atoms. The van der Waals surface area contributed by atoms with Gasteiger partial charge in [-0.3, -0.25) is 9.69 Å². The lowest BCUT2D eigenvalue weighted by Gasteiger charge is -2.24. The number of hydrogen-bond acceptors (Lipinski definition) is 5. The summed E-state index contributed by atoms with van der Waals surface area (Å²) in [6.45, 7) is 2.32. The third kappa shape index (κ3) is 4.16. The largest absolute Gasteiger partial charge is 0.472 e. The molecule has 122 valence electrons. The van der Waals surface area contributed by atoms with Gasteiger partial charge in [0.25, 0.3) is 0 Å². The number of hydrogen-bond donors (Lipinski definition) is 0. The molecule has 0 N–H and O–H groups in total. The number of furan rings is 1. The third-order valence-electron chi connectivity index (χ3n) is 4.36. The molecule has 3 rings (SSSR count). The van der Waals surface area contributed by atoms with Crippen molar-refractivity contribution < 1.29 is 9.21 Å². The fraction of sp³-hybridized carbons (Fsp3) is 0.471. The van der Waals surface area contributed by atoms with E-state index in [1.54, 1.807) is 24.9 Å². The number of likely N-dealkylation sites (tertiary alicyclic amines) is 1. The van der Waals surface area contributed by atoms with Crippen LogP contribution < -0.4 is 0 Å². The van der Waals surface area contributed by atoms with E-state index >= 15 is 0 Å². The van der Waals surface area contributed by atoms with Crippen molar-refractivity contribution in [2.45, 2.75) is 31.8 Å². The van der Waals surface area contributed by atoms with Gasteiger partial charge in [-0.1, -0.05) is 0 Å². The standard InChI is InChI=1S/C17H22N4O2/c1-20(12-16-18-7-2-8-19-16)15-5-9-21(11-15)17(22)4-3-14-6-10-23-13-14/h2,6-8,10,13,15H,3-5,9,11-12H2,1H3/t15-/m1/s1. The van der Waals surface area contributed by atoms with Gasteiger partial charge in [-0.05, 0) is 37.6 Å². The van der Waals surface area contributed by atoms with Crippen LogP contribution in [0.15, 0.2) is 41.5 Å². The summed E-state index contributed by atoms with van der Waals surface area (Å²) >= 11 is 0. The van der Waals surface area contributed by atoms with Crippen molar-refractivity contribution in [3.05, 3.63) is 48.4 Å². The molecule has 0 saturated carbocycles. The molecule has 1 aliphatic rings. The van der Waals surface area contributed by atoms with E-state index in [-0.39, 0.29) is 5.91 Å². The lowest BCUT2D eigenvalue weighted by molar-refractivity contribution is -0.130. The van der Waals surface area contributed by atoms with Crippen LogP contribution in [0.1, 0.15) is 24.2 Å². The van der Waals surface area contributed by atoms with Crippen LogP contribution in [0.25, 0.3) is 0 Å². The molecule has 0 aromatic carbocycles. The lowest BCUT2D eigenvalue weighted by Crippen LogP contribution is -2.36. The molecule has 1 amide bonds. The summed E-state index contributed by atoms with van der Waals surface area (Å²) in [4.78, 5) is 25.0. The van der Waals surface area contributed by atoms with Crippen LogP contribution in [-0.4, -0.2) is 51.9 Å². The minimum atomic E-state index is 0.220. The number of carbonyl (C=O) groups excluding carboxylic acids is 1. The molecule has 3 heterocycles. The Bertz CT molecular complexity index is 615. The smallest absolute Gasteiger partial charge is 0.222 e. The summed E-state index contributed by atoms with van der Waals surface area (Å²) in [6, 6.07) is 4.10. The fourth-order valence-electron chi connectivity index (χ4n) is 2.94. The molecule has 1 atom stereocenters. The molecule has 6 nitrogen and oxygen atoms in total. The average molecular weight is 314 g/mol. The van der Waals surface area contributed by atoms with Crippen LogP contribution >= 0.6 is 0 Å². The van der Waals surface area contributed by atoms with Gasteiger partial charge in [0.05, 0.1) is 19.1 Å². The van der Waals surface area contributed by atoms with Crippen LogP contribution in [-0.2, 0) is 17.8 Å². The van der Waals surface area contributed by atoms with Gasteiger partial charge in [-0.25, -0.2) is 9.97 Å². The molecule has 0 aliphatic carbocycles. The maximum atomic E-state index is 12.3. The zero-order valence-corrected chi connectivity index (χ0v) is 13.4. The van der Waals surface area contributed by atoms with E-state index in [0.717, 1.165) is 37.3 Å². The topological polar surface area (TPSA) is 62.5 Å². The molecular weight excluding hydrogens is 292 g/mol. The van der Waals surface area contributed by atoms with Gasteiger partial charge in [0.1, 0.15) is 5.82 Å². The SMILES string of the molecule is CN(Cc1ncccn1)[C@@H]1CCN(C(=O)CCc2ccoc2)C1. The number of nitrogens with zero attached hydrogens (tertiary/aromatic N) is 4. The Kier molecular flexibility index (Phi) is 5.02. The quantitative estimate of drug-likeness (QED) is 0.812. The Balaban J connectivity index is 1.46. The molecule has 23 heavy (non-hydrogen) atoms. The summed E-state index contributed by atoms with van der Waals surface area (Å²) in [5.41, 5.74) is 1.08. The highest BCUT2D eigenvalue weighted by atomic mass is 16.3. The van der Waals surface area contributed by atoms with E-state index in [0.29, 0.717) is 19.0 Å². The number of amides is 1. The molecule has 2 aromatic heterocycles. The van der Waals surface area contributed by atoms with Crippen molar-refractivity contribution in [2.24, 2.45) is 0 Å². The normalized spacial score (nSPS) is 17.8. The van der Waals surface area contributed by atoms with E-state index in [2.05, 4.69) is 21.9 Å². The van der Waals surface area contributed by atoms with E-state index in [1.807, 2.05) is 17.0 Å². The number of rotatable bonds is 6.